The zero-order valence-corrected chi connectivity index (χ0v) is 16.6. The molecule has 0 radical (unpaired) electrons. The van der Waals surface area contributed by atoms with Gasteiger partial charge >= 0.3 is 0 Å². The van der Waals surface area contributed by atoms with Crippen LogP contribution in [0.2, 0.25) is 0 Å². The van der Waals surface area contributed by atoms with Gasteiger partial charge in [-0.25, -0.2) is 0 Å². The Morgan fingerprint density at radius 2 is 1.88 bits per heavy atom. The van der Waals surface area contributed by atoms with Gasteiger partial charge in [0.25, 0.3) is 0 Å². The summed E-state index contributed by atoms with van der Waals surface area (Å²) in [6.45, 7) is 2.14. The van der Waals surface area contributed by atoms with E-state index >= 15 is 0 Å². The van der Waals surface area contributed by atoms with Crippen LogP contribution in [0.3, 0.4) is 0 Å². The number of likely N-dealkylation sites (tertiary alicyclic amines) is 1. The highest BCUT2D eigenvalue weighted by Crippen LogP contribution is 2.28. The predicted octanol–water partition coefficient (Wildman–Crippen LogP) is 2.82. The summed E-state index contributed by atoms with van der Waals surface area (Å²) >= 11 is 5.70. The van der Waals surface area contributed by atoms with Crippen molar-refractivity contribution >= 4 is 12.2 Å². The highest BCUT2D eigenvalue weighted by Gasteiger charge is 2.36. The number of rotatable bonds is 4. The quantitative estimate of drug-likeness (QED) is 0.838. The molecular formula is C20H29N4OS+. The molecule has 6 heteroatoms. The maximum Gasteiger partial charge on any atom is 0.202 e. The van der Waals surface area contributed by atoms with E-state index in [-0.39, 0.29) is 0 Å². The van der Waals surface area contributed by atoms with Gasteiger partial charge in [0.05, 0.1) is 19.7 Å². The molecule has 1 aliphatic carbocycles. The van der Waals surface area contributed by atoms with Crippen LogP contribution in [-0.2, 0) is 13.7 Å². The Morgan fingerprint density at radius 1 is 1.15 bits per heavy atom. The van der Waals surface area contributed by atoms with Crippen LogP contribution in [0.15, 0.2) is 24.3 Å². The standard InChI is InChI=1S/C20H28N4OS/c1-22-19(16-9-11-17(25-2)12-10-16)21-24(20(22)26)14-23-13-5-7-15-6-3-4-8-18(15)23/h9-12,15,18H,3-8,13-14H2,1-2H3/p+1/t15-,18+/m1/s1. The van der Waals surface area contributed by atoms with Gasteiger partial charge in [-0.05, 0) is 68.6 Å². The summed E-state index contributed by atoms with van der Waals surface area (Å²) < 4.78 is 10.1. The van der Waals surface area contributed by atoms with Crippen molar-refractivity contribution in [1.29, 1.82) is 0 Å². The first-order valence-electron chi connectivity index (χ1n) is 9.80. The van der Waals surface area contributed by atoms with E-state index in [9.17, 15) is 0 Å². The lowest BCUT2D eigenvalue weighted by atomic mass is 9.78. The number of fused-ring (bicyclic) bond motifs is 1. The fourth-order valence-corrected chi connectivity index (χ4v) is 5.03. The number of ether oxygens (including phenoxy) is 1. The Labute approximate surface area is 160 Å². The van der Waals surface area contributed by atoms with Crippen LogP contribution in [-0.4, -0.2) is 34.0 Å². The van der Waals surface area contributed by atoms with Gasteiger partial charge < -0.3 is 14.2 Å². The Bertz CT molecular complexity index is 808. The normalized spacial score (nSPS) is 25.7. The van der Waals surface area contributed by atoms with Gasteiger partial charge in [-0.3, -0.25) is 0 Å². The number of nitrogens with zero attached hydrogens (tertiary/aromatic N) is 3. The van der Waals surface area contributed by atoms with Crippen LogP contribution < -0.4 is 9.64 Å². The third-order valence-corrected chi connectivity index (χ3v) is 6.73. The van der Waals surface area contributed by atoms with Crippen molar-refractivity contribution in [1.82, 2.24) is 14.3 Å². The van der Waals surface area contributed by atoms with Crippen LogP contribution in [0, 0.1) is 10.7 Å². The molecule has 4 rings (SSSR count). The van der Waals surface area contributed by atoms with E-state index in [0.29, 0.717) is 0 Å². The molecule has 140 valence electrons. The molecule has 1 saturated heterocycles. The number of quaternary nitrogens is 1. The van der Waals surface area contributed by atoms with E-state index in [1.807, 2.05) is 40.6 Å². The number of aromatic nitrogens is 3. The van der Waals surface area contributed by atoms with Crippen LogP contribution in [0.25, 0.3) is 11.4 Å². The molecule has 0 spiro atoms. The minimum Gasteiger partial charge on any atom is -0.497 e. The Kier molecular flexibility index (Phi) is 5.14. The number of hydrogen-bond donors (Lipinski definition) is 1. The number of piperidine rings is 1. The molecule has 2 heterocycles. The second kappa shape index (κ2) is 7.53. The van der Waals surface area contributed by atoms with Gasteiger partial charge in [-0.2, -0.15) is 4.68 Å². The van der Waals surface area contributed by atoms with Crippen LogP contribution in [0.5, 0.6) is 5.75 Å². The zero-order chi connectivity index (χ0) is 18.1. The van der Waals surface area contributed by atoms with Crippen LogP contribution >= 0.6 is 12.2 Å². The average molecular weight is 374 g/mol. The maximum atomic E-state index is 5.70. The Morgan fingerprint density at radius 3 is 2.65 bits per heavy atom. The summed E-state index contributed by atoms with van der Waals surface area (Å²) in [6, 6.07) is 8.83. The average Bonchev–Trinajstić information content (AvgIpc) is 2.97. The Balaban J connectivity index is 1.58. The van der Waals surface area contributed by atoms with E-state index in [1.54, 1.807) is 12.0 Å². The molecule has 1 N–H and O–H groups in total. The van der Waals surface area contributed by atoms with Crippen LogP contribution in [0.1, 0.15) is 38.5 Å². The molecule has 3 atom stereocenters. The minimum absolute atomic E-state index is 0.797. The summed E-state index contributed by atoms with van der Waals surface area (Å²) in [7, 11) is 3.70. The third kappa shape index (κ3) is 3.32. The molecule has 0 bridgehead atoms. The van der Waals surface area contributed by atoms with E-state index < -0.39 is 0 Å². The summed E-state index contributed by atoms with van der Waals surface area (Å²) in [4.78, 5) is 1.68. The van der Waals surface area contributed by atoms with Crippen molar-refractivity contribution < 1.29 is 9.64 Å². The minimum atomic E-state index is 0.797. The van der Waals surface area contributed by atoms with E-state index in [4.69, 9.17) is 22.1 Å². The maximum absolute atomic E-state index is 5.70. The van der Waals surface area contributed by atoms with E-state index in [0.717, 1.165) is 40.5 Å². The first-order valence-corrected chi connectivity index (χ1v) is 10.2. The number of methoxy groups -OCH3 is 1. The van der Waals surface area contributed by atoms with Gasteiger partial charge in [0.2, 0.25) is 4.77 Å². The van der Waals surface area contributed by atoms with Gasteiger partial charge in [-0.1, -0.05) is 6.42 Å². The topological polar surface area (TPSA) is 36.4 Å². The lowest BCUT2D eigenvalue weighted by molar-refractivity contribution is -0.958. The molecule has 2 aromatic rings. The monoisotopic (exact) mass is 373 g/mol. The third-order valence-electron chi connectivity index (χ3n) is 6.25. The SMILES string of the molecule is COc1ccc(-c2nn(C[NH+]3CCC[C@H]4CCCC[C@@H]43)c(=S)n2C)cc1. The molecular weight excluding hydrogens is 344 g/mol. The molecule has 1 aliphatic heterocycles. The Hall–Kier alpha value is -1.66. The summed E-state index contributed by atoms with van der Waals surface area (Å²) in [5.74, 6) is 2.69. The highest BCUT2D eigenvalue weighted by atomic mass is 32.1. The molecule has 1 unspecified atom stereocenters. The predicted molar refractivity (Wildman–Crippen MR) is 105 cm³/mol. The molecule has 2 fully saturated rings. The molecule has 5 nitrogen and oxygen atoms in total. The molecule has 0 amide bonds. The lowest BCUT2D eigenvalue weighted by Gasteiger charge is -2.40. The van der Waals surface area contributed by atoms with Gasteiger partial charge in [0, 0.05) is 18.5 Å². The van der Waals surface area contributed by atoms with Crippen molar-refractivity contribution in [3.05, 3.63) is 29.0 Å². The fraction of sp³-hybridized carbons (Fsp3) is 0.600. The van der Waals surface area contributed by atoms with E-state index in [2.05, 4.69) is 0 Å². The van der Waals surface area contributed by atoms with Crippen molar-refractivity contribution in [2.24, 2.45) is 13.0 Å². The number of benzene rings is 1. The van der Waals surface area contributed by atoms with Crippen LogP contribution in [0.4, 0.5) is 0 Å². The molecule has 2 aliphatic rings. The molecule has 26 heavy (non-hydrogen) atoms. The van der Waals surface area contributed by atoms with Crippen molar-refractivity contribution in [2.75, 3.05) is 13.7 Å². The first kappa shape index (κ1) is 17.7. The largest absolute Gasteiger partial charge is 0.497 e. The first-order chi connectivity index (χ1) is 12.7. The van der Waals surface area contributed by atoms with Crippen molar-refractivity contribution in [3.63, 3.8) is 0 Å². The fourth-order valence-electron chi connectivity index (χ4n) is 4.84. The summed E-state index contributed by atoms with van der Waals surface area (Å²) in [6.07, 6.45) is 8.33. The van der Waals surface area contributed by atoms with Gasteiger partial charge in [0.1, 0.15) is 5.75 Å². The number of hydrogen-bond acceptors (Lipinski definition) is 3. The van der Waals surface area contributed by atoms with Crippen molar-refractivity contribution in [3.8, 4) is 17.1 Å². The van der Waals surface area contributed by atoms with Gasteiger partial charge in [0.15, 0.2) is 12.5 Å². The van der Waals surface area contributed by atoms with E-state index in [1.165, 1.54) is 45.1 Å². The molecule has 1 aromatic heterocycles. The summed E-state index contributed by atoms with van der Waals surface area (Å²) in [5, 5.41) is 4.88. The smallest absolute Gasteiger partial charge is 0.202 e. The summed E-state index contributed by atoms with van der Waals surface area (Å²) in [5.41, 5.74) is 1.07. The molecule has 1 aromatic carbocycles. The molecule has 1 saturated carbocycles. The second-order valence-corrected chi connectivity index (χ2v) is 8.12. The van der Waals surface area contributed by atoms with Gasteiger partial charge in [-0.15, -0.1) is 5.10 Å². The lowest BCUT2D eigenvalue weighted by Crippen LogP contribution is -3.17. The second-order valence-electron chi connectivity index (χ2n) is 7.75. The zero-order valence-electron chi connectivity index (χ0n) is 15.8. The number of nitrogens with one attached hydrogen (secondary N) is 1. The highest BCUT2D eigenvalue weighted by molar-refractivity contribution is 7.71. The van der Waals surface area contributed by atoms with Crippen molar-refractivity contribution in [2.45, 2.75) is 51.2 Å².